The molecule has 1 aliphatic heterocycles. The van der Waals surface area contributed by atoms with Crippen molar-refractivity contribution in [3.63, 3.8) is 0 Å². The number of hydrogen-bond donors (Lipinski definition) is 1. The highest BCUT2D eigenvalue weighted by atomic mass is 32.1. The van der Waals surface area contributed by atoms with E-state index >= 15 is 0 Å². The number of piperidine rings is 1. The minimum Gasteiger partial charge on any atom is -0.497 e. The van der Waals surface area contributed by atoms with Gasteiger partial charge in [0.2, 0.25) is 5.91 Å². The fourth-order valence-corrected chi connectivity index (χ4v) is 4.40. The second kappa shape index (κ2) is 9.26. The highest BCUT2D eigenvalue weighted by Gasteiger charge is 2.32. The van der Waals surface area contributed by atoms with Crippen LogP contribution in [-0.2, 0) is 4.79 Å². The average Bonchev–Trinajstić information content (AvgIpc) is 3.25. The Kier molecular flexibility index (Phi) is 6.27. The molecule has 3 aromatic rings. The first-order chi connectivity index (χ1) is 15.0. The maximum Gasteiger partial charge on any atom is 0.254 e. The van der Waals surface area contributed by atoms with Gasteiger partial charge in [-0.1, -0.05) is 23.5 Å². The maximum absolute atomic E-state index is 13.1. The quantitative estimate of drug-likeness (QED) is 0.649. The third-order valence-electron chi connectivity index (χ3n) is 5.31. The van der Waals surface area contributed by atoms with Crippen LogP contribution in [0, 0.1) is 6.92 Å². The summed E-state index contributed by atoms with van der Waals surface area (Å²) in [6, 6.07) is 14.0. The number of rotatable bonds is 5. The van der Waals surface area contributed by atoms with Gasteiger partial charge in [-0.2, -0.15) is 0 Å². The van der Waals surface area contributed by atoms with Crippen molar-refractivity contribution in [2.24, 2.45) is 0 Å². The predicted octanol–water partition coefficient (Wildman–Crippen LogP) is 4.16. The summed E-state index contributed by atoms with van der Waals surface area (Å²) < 4.78 is 5.17. The van der Waals surface area contributed by atoms with E-state index in [1.54, 1.807) is 36.3 Å². The molecule has 31 heavy (non-hydrogen) atoms. The number of carbonyl (C=O) groups excluding carboxylic acids is 2. The second-order valence-corrected chi connectivity index (χ2v) is 8.62. The zero-order chi connectivity index (χ0) is 21.8. The van der Waals surface area contributed by atoms with E-state index in [0.717, 1.165) is 28.4 Å². The molecule has 1 atom stereocenters. The Morgan fingerprint density at radius 2 is 1.94 bits per heavy atom. The molecule has 1 saturated heterocycles. The lowest BCUT2D eigenvalue weighted by atomic mass is 9.99. The molecule has 0 bridgehead atoms. The smallest absolute Gasteiger partial charge is 0.254 e. The second-order valence-electron chi connectivity index (χ2n) is 7.43. The van der Waals surface area contributed by atoms with Crippen LogP contribution in [0.2, 0.25) is 0 Å². The molecule has 0 saturated carbocycles. The Labute approximate surface area is 185 Å². The molecule has 0 radical (unpaired) electrons. The average molecular weight is 437 g/mol. The van der Waals surface area contributed by atoms with Crippen molar-refractivity contribution in [1.82, 2.24) is 15.1 Å². The van der Waals surface area contributed by atoms with Crippen LogP contribution in [0.5, 0.6) is 5.75 Å². The molecule has 1 aromatic heterocycles. The zero-order valence-corrected chi connectivity index (χ0v) is 18.3. The third-order valence-corrected chi connectivity index (χ3v) is 6.19. The number of hydrogen-bond acceptors (Lipinski definition) is 6. The Bertz CT molecular complexity index is 1080. The summed E-state index contributed by atoms with van der Waals surface area (Å²) in [6.07, 6.45) is 2.44. The zero-order valence-electron chi connectivity index (χ0n) is 17.5. The Hall–Kier alpha value is -3.26. The van der Waals surface area contributed by atoms with Gasteiger partial charge in [0, 0.05) is 23.4 Å². The minimum absolute atomic E-state index is 0.138. The number of anilines is 1. The largest absolute Gasteiger partial charge is 0.497 e. The van der Waals surface area contributed by atoms with Crippen molar-refractivity contribution in [3.8, 4) is 16.3 Å². The van der Waals surface area contributed by atoms with E-state index in [1.807, 2.05) is 31.2 Å². The molecule has 2 heterocycles. The van der Waals surface area contributed by atoms with Gasteiger partial charge in [-0.15, -0.1) is 10.2 Å². The molecular formula is C23H24N4O3S. The first-order valence-electron chi connectivity index (χ1n) is 10.2. The topological polar surface area (TPSA) is 84.4 Å². The number of benzene rings is 2. The lowest BCUT2D eigenvalue weighted by molar-refractivity contribution is -0.121. The standard InChI is InChI=1S/C23H24N4O3S/c1-15-25-26-22(31-15)17-6-5-7-18(14-17)24-21(28)20-8-3-4-13-27(20)23(29)16-9-11-19(30-2)12-10-16/h5-7,9-12,14,20H,3-4,8,13H2,1-2H3,(H,24,28). The predicted molar refractivity (Wildman–Crippen MR) is 120 cm³/mol. The third kappa shape index (κ3) is 4.74. The summed E-state index contributed by atoms with van der Waals surface area (Å²) in [5.41, 5.74) is 2.13. The van der Waals surface area contributed by atoms with Gasteiger partial charge in [0.1, 0.15) is 21.8 Å². The van der Waals surface area contributed by atoms with Gasteiger partial charge in [0.25, 0.3) is 5.91 Å². The monoisotopic (exact) mass is 436 g/mol. The van der Waals surface area contributed by atoms with E-state index in [0.29, 0.717) is 30.0 Å². The minimum atomic E-state index is -0.504. The highest BCUT2D eigenvalue weighted by Crippen LogP contribution is 2.27. The van der Waals surface area contributed by atoms with Crippen LogP contribution in [0.25, 0.3) is 10.6 Å². The van der Waals surface area contributed by atoms with E-state index < -0.39 is 6.04 Å². The van der Waals surface area contributed by atoms with E-state index in [9.17, 15) is 9.59 Å². The molecule has 160 valence electrons. The van der Waals surface area contributed by atoms with E-state index in [4.69, 9.17) is 4.74 Å². The number of nitrogens with one attached hydrogen (secondary N) is 1. The van der Waals surface area contributed by atoms with Crippen molar-refractivity contribution in [2.75, 3.05) is 19.0 Å². The molecule has 2 aromatic carbocycles. The van der Waals surface area contributed by atoms with Crippen LogP contribution < -0.4 is 10.1 Å². The molecule has 1 N–H and O–H groups in total. The fraction of sp³-hybridized carbons (Fsp3) is 0.304. The van der Waals surface area contributed by atoms with Crippen LogP contribution in [0.1, 0.15) is 34.6 Å². The number of aryl methyl sites for hydroxylation is 1. The Morgan fingerprint density at radius 3 is 2.65 bits per heavy atom. The van der Waals surface area contributed by atoms with Crippen molar-refractivity contribution in [3.05, 3.63) is 59.1 Å². The molecular weight excluding hydrogens is 412 g/mol. The molecule has 1 unspecified atom stereocenters. The van der Waals surface area contributed by atoms with Gasteiger partial charge < -0.3 is 15.0 Å². The van der Waals surface area contributed by atoms with Crippen LogP contribution in [-0.4, -0.2) is 46.6 Å². The first kappa shape index (κ1) is 21.0. The van der Waals surface area contributed by atoms with Gasteiger partial charge in [-0.05, 0) is 62.6 Å². The van der Waals surface area contributed by atoms with Crippen LogP contribution in [0.15, 0.2) is 48.5 Å². The SMILES string of the molecule is COc1ccc(C(=O)N2CCCCC2C(=O)Nc2cccc(-c3nnc(C)s3)c2)cc1. The van der Waals surface area contributed by atoms with Gasteiger partial charge in [-0.25, -0.2) is 0 Å². The van der Waals surface area contributed by atoms with Crippen molar-refractivity contribution < 1.29 is 14.3 Å². The van der Waals surface area contributed by atoms with E-state index in [2.05, 4.69) is 15.5 Å². The summed E-state index contributed by atoms with van der Waals surface area (Å²) in [5.74, 6) is 0.378. The van der Waals surface area contributed by atoms with Crippen molar-refractivity contribution in [1.29, 1.82) is 0 Å². The first-order valence-corrected chi connectivity index (χ1v) is 11.0. The van der Waals surface area contributed by atoms with Crippen molar-refractivity contribution in [2.45, 2.75) is 32.2 Å². The highest BCUT2D eigenvalue weighted by molar-refractivity contribution is 7.14. The molecule has 8 heteroatoms. The number of methoxy groups -OCH3 is 1. The van der Waals surface area contributed by atoms with Crippen LogP contribution >= 0.6 is 11.3 Å². The van der Waals surface area contributed by atoms with Gasteiger partial charge in [0.15, 0.2) is 0 Å². The molecule has 2 amide bonds. The van der Waals surface area contributed by atoms with Crippen LogP contribution in [0.3, 0.4) is 0 Å². The van der Waals surface area contributed by atoms with Crippen LogP contribution in [0.4, 0.5) is 5.69 Å². The Morgan fingerprint density at radius 1 is 1.13 bits per heavy atom. The molecule has 1 fully saturated rings. The Balaban J connectivity index is 1.50. The van der Waals surface area contributed by atoms with E-state index in [1.165, 1.54) is 11.3 Å². The molecule has 1 aliphatic rings. The van der Waals surface area contributed by atoms with Crippen molar-refractivity contribution >= 4 is 28.8 Å². The maximum atomic E-state index is 13.1. The summed E-state index contributed by atoms with van der Waals surface area (Å²) in [6.45, 7) is 2.47. The molecule has 0 aliphatic carbocycles. The lowest BCUT2D eigenvalue weighted by Crippen LogP contribution is -2.50. The van der Waals surface area contributed by atoms with Gasteiger partial charge in [-0.3, -0.25) is 9.59 Å². The van der Waals surface area contributed by atoms with Gasteiger partial charge >= 0.3 is 0 Å². The normalized spacial score (nSPS) is 16.1. The molecule has 7 nitrogen and oxygen atoms in total. The number of likely N-dealkylation sites (tertiary alicyclic amines) is 1. The fourth-order valence-electron chi connectivity index (χ4n) is 3.72. The number of nitrogens with zero attached hydrogens (tertiary/aromatic N) is 3. The number of carbonyl (C=O) groups is 2. The number of aromatic nitrogens is 2. The molecule has 0 spiro atoms. The summed E-state index contributed by atoms with van der Waals surface area (Å²) >= 11 is 1.50. The molecule has 4 rings (SSSR count). The summed E-state index contributed by atoms with van der Waals surface area (Å²) in [5, 5.41) is 12.9. The number of ether oxygens (including phenoxy) is 1. The lowest BCUT2D eigenvalue weighted by Gasteiger charge is -2.34. The van der Waals surface area contributed by atoms with E-state index in [-0.39, 0.29) is 11.8 Å². The summed E-state index contributed by atoms with van der Waals surface area (Å²) in [4.78, 5) is 27.9. The summed E-state index contributed by atoms with van der Waals surface area (Å²) in [7, 11) is 1.59. The van der Waals surface area contributed by atoms with Gasteiger partial charge in [0.05, 0.1) is 7.11 Å². The number of amides is 2.